The van der Waals surface area contributed by atoms with E-state index < -0.39 is 5.67 Å². The normalized spacial score (nSPS) is 14.3. The van der Waals surface area contributed by atoms with E-state index >= 15 is 0 Å². The smallest absolute Gasteiger partial charge is 0.130 e. The summed E-state index contributed by atoms with van der Waals surface area (Å²) in [7, 11) is 0. The number of halogens is 3. The van der Waals surface area contributed by atoms with Crippen LogP contribution in [0.5, 0.6) is 0 Å². The van der Waals surface area contributed by atoms with Crippen molar-refractivity contribution in [2.45, 2.75) is 67.0 Å². The molecule has 0 saturated carbocycles. The van der Waals surface area contributed by atoms with Crippen LogP contribution in [0.2, 0.25) is 0 Å². The van der Waals surface area contributed by atoms with Crippen LogP contribution < -0.4 is 0 Å². The Balaban J connectivity index is -0.000000214. The second kappa shape index (κ2) is 11.1. The quantitative estimate of drug-likeness (QED) is 0.688. The molecule has 0 heterocycles. The monoisotopic (exact) mass is 284 g/mol. The fourth-order valence-corrected chi connectivity index (χ4v) is 2.30. The second-order valence-electron chi connectivity index (χ2n) is 4.93. The van der Waals surface area contributed by atoms with Crippen LogP contribution in [0.15, 0.2) is 22.8 Å². The molecule has 0 aromatic heterocycles. The maximum Gasteiger partial charge on any atom is 0.130 e. The summed E-state index contributed by atoms with van der Waals surface area (Å²) >= 11 is 0. The average Bonchev–Trinajstić information content (AvgIpc) is 2.19. The van der Waals surface area contributed by atoms with Gasteiger partial charge >= 0.3 is 0 Å². The largest absolute Gasteiger partial charge is 0.412 e. The minimum absolute atomic E-state index is 0. The summed E-state index contributed by atoms with van der Waals surface area (Å²) < 4.78 is 13.9. The molecule has 0 unspecified atom stereocenters. The minimum atomic E-state index is -1.19. The van der Waals surface area contributed by atoms with E-state index in [1.54, 1.807) is 13.8 Å². The number of rotatable bonds is 2. The maximum absolute atomic E-state index is 13.9. The molecule has 0 spiro atoms. The maximum atomic E-state index is 13.9. The van der Waals surface area contributed by atoms with E-state index in [1.807, 2.05) is 13.8 Å². The lowest BCUT2D eigenvalue weighted by atomic mass is 9.81. The van der Waals surface area contributed by atoms with Gasteiger partial charge in [0.25, 0.3) is 0 Å². The highest BCUT2D eigenvalue weighted by atomic mass is 19.1. The molecule has 1 aliphatic rings. The van der Waals surface area contributed by atoms with Crippen LogP contribution in [-0.2, 0) is 0 Å². The molecule has 1 aliphatic carbocycles. The van der Waals surface area contributed by atoms with E-state index in [2.05, 4.69) is 26.8 Å². The molecule has 0 fully saturated rings. The summed E-state index contributed by atoms with van der Waals surface area (Å²) in [5.74, 6) is 0.543. The first-order chi connectivity index (χ1) is 7.34. The Morgan fingerprint density at radius 2 is 1.58 bits per heavy atom. The van der Waals surface area contributed by atoms with E-state index in [4.69, 9.17) is 0 Å². The first-order valence-electron chi connectivity index (χ1n) is 6.43. The Labute approximate surface area is 116 Å². The molecule has 4 heteroatoms. The molecule has 0 saturated heterocycles. The second-order valence-corrected chi connectivity index (χ2v) is 4.93. The molecular weight excluding hydrogens is 253 g/mol. The molecule has 1 nitrogen and oxygen atoms in total. The SMILES string of the molecule is CC.CC1=C(C(C)C)CCC=C1C(C)(C)F.F.F.O. The average molecular weight is 284 g/mol. The molecule has 0 atom stereocenters. The zero-order chi connectivity index (χ0) is 12.9. The van der Waals surface area contributed by atoms with Crippen molar-refractivity contribution in [1.29, 1.82) is 0 Å². The van der Waals surface area contributed by atoms with Crippen molar-refractivity contribution in [3.8, 4) is 0 Å². The van der Waals surface area contributed by atoms with Crippen LogP contribution >= 0.6 is 0 Å². The van der Waals surface area contributed by atoms with Crippen molar-refractivity contribution in [2.24, 2.45) is 5.92 Å². The third-order valence-corrected chi connectivity index (χ3v) is 2.99. The third kappa shape index (κ3) is 7.41. The van der Waals surface area contributed by atoms with Crippen molar-refractivity contribution in [1.82, 2.24) is 0 Å². The van der Waals surface area contributed by atoms with Crippen LogP contribution in [0.4, 0.5) is 13.8 Å². The first kappa shape index (κ1) is 26.7. The van der Waals surface area contributed by atoms with Crippen molar-refractivity contribution >= 4 is 0 Å². The lowest BCUT2D eigenvalue weighted by molar-refractivity contribution is 0.269. The summed E-state index contributed by atoms with van der Waals surface area (Å²) in [5.41, 5.74) is 2.31. The van der Waals surface area contributed by atoms with Crippen LogP contribution in [0.3, 0.4) is 0 Å². The van der Waals surface area contributed by atoms with Gasteiger partial charge in [-0.15, -0.1) is 0 Å². The lowest BCUT2D eigenvalue weighted by Gasteiger charge is -2.27. The molecule has 0 amide bonds. The zero-order valence-corrected chi connectivity index (χ0v) is 13.3. The van der Waals surface area contributed by atoms with Gasteiger partial charge in [0.1, 0.15) is 5.67 Å². The summed E-state index contributed by atoms with van der Waals surface area (Å²) in [6, 6.07) is 0. The number of allylic oxidation sites excluding steroid dienone is 4. The molecule has 19 heavy (non-hydrogen) atoms. The Kier molecular flexibility index (Phi) is 15.6. The topological polar surface area (TPSA) is 31.5 Å². The fraction of sp³-hybridized carbons (Fsp3) is 0.733. The summed E-state index contributed by atoms with van der Waals surface area (Å²) in [5, 5.41) is 0. The number of alkyl halides is 1. The summed E-state index contributed by atoms with van der Waals surface area (Å²) in [6.45, 7) is 13.7. The van der Waals surface area contributed by atoms with Crippen LogP contribution in [0.1, 0.15) is 61.3 Å². The molecule has 0 aliphatic heterocycles. The van der Waals surface area contributed by atoms with Gasteiger partial charge in [0.05, 0.1) is 0 Å². The van der Waals surface area contributed by atoms with Crippen molar-refractivity contribution < 1.29 is 19.3 Å². The Hall–Kier alpha value is -0.770. The standard InChI is InChI=1S/C13H21F.C2H6.2FH.H2O/c1-9(2)11-7-6-8-12(10(11)3)13(4,5)14;1-2;;;/h8-9H,6-7H2,1-5H3;1-2H3;2*1H;1H2. The zero-order valence-electron chi connectivity index (χ0n) is 13.3. The van der Waals surface area contributed by atoms with Crippen LogP contribution in [0.25, 0.3) is 0 Å². The fourth-order valence-electron chi connectivity index (χ4n) is 2.30. The number of hydrogen-bond acceptors (Lipinski definition) is 0. The third-order valence-electron chi connectivity index (χ3n) is 2.99. The number of hydrogen-bond donors (Lipinski definition) is 0. The predicted octanol–water partition coefficient (Wildman–Crippen LogP) is 4.93. The van der Waals surface area contributed by atoms with Crippen LogP contribution in [0, 0.1) is 5.92 Å². The van der Waals surface area contributed by atoms with Gasteiger partial charge in [0.2, 0.25) is 0 Å². The van der Waals surface area contributed by atoms with Gasteiger partial charge in [-0.3, -0.25) is 9.41 Å². The Morgan fingerprint density at radius 3 is 1.89 bits per heavy atom. The summed E-state index contributed by atoms with van der Waals surface area (Å²) in [6.07, 6.45) is 4.15. The molecular formula is C15H31F3O. The molecule has 0 aromatic rings. The highest BCUT2D eigenvalue weighted by Crippen LogP contribution is 2.36. The summed E-state index contributed by atoms with van der Waals surface area (Å²) in [4.78, 5) is 0. The van der Waals surface area contributed by atoms with E-state index in [-0.39, 0.29) is 14.9 Å². The van der Waals surface area contributed by atoms with Crippen molar-refractivity contribution in [3.63, 3.8) is 0 Å². The first-order valence-corrected chi connectivity index (χ1v) is 6.43. The van der Waals surface area contributed by atoms with Gasteiger partial charge in [0.15, 0.2) is 0 Å². The van der Waals surface area contributed by atoms with Gasteiger partial charge in [-0.2, -0.15) is 0 Å². The highest BCUT2D eigenvalue weighted by molar-refractivity contribution is 5.42. The van der Waals surface area contributed by atoms with Gasteiger partial charge in [-0.05, 0) is 50.7 Å². The van der Waals surface area contributed by atoms with Gasteiger partial charge in [0, 0.05) is 0 Å². The van der Waals surface area contributed by atoms with Crippen LogP contribution in [-0.4, -0.2) is 11.1 Å². The van der Waals surface area contributed by atoms with E-state index in [0.29, 0.717) is 5.92 Å². The molecule has 1 rings (SSSR count). The van der Waals surface area contributed by atoms with E-state index in [0.717, 1.165) is 18.4 Å². The Bertz CT molecular complexity index is 286. The van der Waals surface area contributed by atoms with Gasteiger partial charge in [-0.25, -0.2) is 4.39 Å². The molecule has 2 N–H and O–H groups in total. The van der Waals surface area contributed by atoms with Gasteiger partial charge < -0.3 is 5.48 Å². The van der Waals surface area contributed by atoms with Crippen molar-refractivity contribution in [2.75, 3.05) is 0 Å². The lowest BCUT2D eigenvalue weighted by Crippen LogP contribution is -2.20. The molecule has 0 aromatic carbocycles. The highest BCUT2D eigenvalue weighted by Gasteiger charge is 2.27. The van der Waals surface area contributed by atoms with E-state index in [9.17, 15) is 4.39 Å². The molecule has 0 bridgehead atoms. The Morgan fingerprint density at radius 1 is 1.16 bits per heavy atom. The van der Waals surface area contributed by atoms with E-state index in [1.165, 1.54) is 11.1 Å². The predicted molar refractivity (Wildman–Crippen MR) is 80.0 cm³/mol. The van der Waals surface area contributed by atoms with Gasteiger partial charge in [-0.1, -0.05) is 39.3 Å². The minimum Gasteiger partial charge on any atom is -0.412 e. The van der Waals surface area contributed by atoms with Crippen molar-refractivity contribution in [3.05, 3.63) is 22.8 Å². The molecule has 0 radical (unpaired) electrons. The molecule has 118 valence electrons.